The molecule has 1 aliphatic heterocycles. The topological polar surface area (TPSA) is 29.3 Å². The summed E-state index contributed by atoms with van der Waals surface area (Å²) in [5.74, 6) is 0.583. The van der Waals surface area contributed by atoms with Crippen molar-refractivity contribution in [1.82, 2.24) is 4.90 Å². The van der Waals surface area contributed by atoms with Gasteiger partial charge in [0.15, 0.2) is 0 Å². The van der Waals surface area contributed by atoms with Crippen LogP contribution in [0.2, 0.25) is 0 Å². The van der Waals surface area contributed by atoms with Crippen LogP contribution in [-0.2, 0) is 0 Å². The molecular formula is C15H24N2. The number of nitrogens with two attached hydrogens (primary N) is 1. The van der Waals surface area contributed by atoms with Crippen molar-refractivity contribution in [3.05, 3.63) is 35.9 Å². The van der Waals surface area contributed by atoms with Crippen LogP contribution < -0.4 is 5.73 Å². The number of nitrogens with zero attached hydrogens (tertiary/aromatic N) is 1. The Labute approximate surface area is 105 Å². The van der Waals surface area contributed by atoms with E-state index in [4.69, 9.17) is 5.73 Å². The average Bonchev–Trinajstić information content (AvgIpc) is 2.28. The first-order valence-electron chi connectivity index (χ1n) is 6.52. The van der Waals surface area contributed by atoms with E-state index in [-0.39, 0.29) is 5.54 Å². The summed E-state index contributed by atoms with van der Waals surface area (Å²) in [7, 11) is 0. The predicted octanol–water partition coefficient (Wildman–Crippen LogP) is 2.60. The third kappa shape index (κ3) is 3.08. The van der Waals surface area contributed by atoms with Gasteiger partial charge in [0.2, 0.25) is 0 Å². The summed E-state index contributed by atoms with van der Waals surface area (Å²) < 4.78 is 0. The van der Waals surface area contributed by atoms with Crippen LogP contribution in [0.15, 0.2) is 30.3 Å². The summed E-state index contributed by atoms with van der Waals surface area (Å²) in [5, 5.41) is 0. The molecule has 0 saturated carbocycles. The van der Waals surface area contributed by atoms with E-state index in [9.17, 15) is 0 Å². The van der Waals surface area contributed by atoms with Gasteiger partial charge in [-0.05, 0) is 38.7 Å². The highest BCUT2D eigenvalue weighted by Gasteiger charge is 2.31. The van der Waals surface area contributed by atoms with Crippen LogP contribution in [0.1, 0.15) is 38.7 Å². The van der Waals surface area contributed by atoms with Crippen molar-refractivity contribution in [3.8, 4) is 0 Å². The van der Waals surface area contributed by atoms with E-state index in [1.807, 2.05) is 0 Å². The highest BCUT2D eigenvalue weighted by molar-refractivity contribution is 5.21. The molecular weight excluding hydrogens is 208 g/mol. The molecule has 2 heteroatoms. The van der Waals surface area contributed by atoms with Gasteiger partial charge in [0, 0.05) is 24.7 Å². The standard InChI is InChI=1S/C15H24N2/c1-15(2,3)17-10-13(9-14(16)11-17)12-7-5-4-6-8-12/h4-8,13-14H,9-11,16H2,1-3H3. The van der Waals surface area contributed by atoms with Crippen molar-refractivity contribution >= 4 is 0 Å². The van der Waals surface area contributed by atoms with Gasteiger partial charge in [-0.2, -0.15) is 0 Å². The molecule has 2 N–H and O–H groups in total. The molecule has 0 spiro atoms. The number of benzene rings is 1. The fraction of sp³-hybridized carbons (Fsp3) is 0.600. The lowest BCUT2D eigenvalue weighted by Crippen LogP contribution is -2.53. The normalized spacial score (nSPS) is 27.1. The highest BCUT2D eigenvalue weighted by Crippen LogP contribution is 2.29. The number of hydrogen-bond donors (Lipinski definition) is 1. The summed E-state index contributed by atoms with van der Waals surface area (Å²) in [5.41, 5.74) is 7.85. The van der Waals surface area contributed by atoms with Crippen molar-refractivity contribution < 1.29 is 0 Å². The maximum absolute atomic E-state index is 6.21. The Hall–Kier alpha value is -0.860. The second kappa shape index (κ2) is 4.79. The van der Waals surface area contributed by atoms with E-state index >= 15 is 0 Å². The molecule has 1 aromatic carbocycles. The lowest BCUT2D eigenvalue weighted by Gasteiger charge is -2.44. The van der Waals surface area contributed by atoms with Crippen molar-refractivity contribution in [3.63, 3.8) is 0 Å². The Bertz CT molecular complexity index is 353. The van der Waals surface area contributed by atoms with Crippen LogP contribution in [0.3, 0.4) is 0 Å². The molecule has 1 saturated heterocycles. The molecule has 1 fully saturated rings. The van der Waals surface area contributed by atoms with Crippen LogP contribution in [0.4, 0.5) is 0 Å². The van der Waals surface area contributed by atoms with E-state index in [0.717, 1.165) is 19.5 Å². The molecule has 0 aliphatic carbocycles. The van der Waals surface area contributed by atoms with Crippen molar-refractivity contribution in [2.75, 3.05) is 13.1 Å². The first kappa shape index (κ1) is 12.6. The Morgan fingerprint density at radius 2 is 1.76 bits per heavy atom. The van der Waals surface area contributed by atoms with Crippen LogP contribution >= 0.6 is 0 Å². The summed E-state index contributed by atoms with van der Waals surface area (Å²) in [4.78, 5) is 2.51. The molecule has 0 aromatic heterocycles. The summed E-state index contributed by atoms with van der Waals surface area (Å²) >= 11 is 0. The monoisotopic (exact) mass is 232 g/mol. The van der Waals surface area contributed by atoms with E-state index in [0.29, 0.717) is 12.0 Å². The van der Waals surface area contributed by atoms with Crippen LogP contribution in [0, 0.1) is 0 Å². The second-order valence-corrected chi connectivity index (χ2v) is 6.18. The smallest absolute Gasteiger partial charge is 0.0174 e. The minimum Gasteiger partial charge on any atom is -0.327 e. The van der Waals surface area contributed by atoms with Gasteiger partial charge >= 0.3 is 0 Å². The molecule has 2 unspecified atom stereocenters. The number of hydrogen-bond acceptors (Lipinski definition) is 2. The Morgan fingerprint density at radius 3 is 2.35 bits per heavy atom. The SMILES string of the molecule is CC(C)(C)N1CC(N)CC(c2ccccc2)C1. The van der Waals surface area contributed by atoms with Gasteiger partial charge in [-0.1, -0.05) is 30.3 Å². The molecule has 0 radical (unpaired) electrons. The van der Waals surface area contributed by atoms with Crippen LogP contribution in [-0.4, -0.2) is 29.6 Å². The Morgan fingerprint density at radius 1 is 1.12 bits per heavy atom. The van der Waals surface area contributed by atoms with Gasteiger partial charge in [-0.15, -0.1) is 0 Å². The fourth-order valence-corrected chi connectivity index (χ4v) is 2.65. The molecule has 17 heavy (non-hydrogen) atoms. The van der Waals surface area contributed by atoms with Gasteiger partial charge in [-0.25, -0.2) is 0 Å². The maximum atomic E-state index is 6.21. The lowest BCUT2D eigenvalue weighted by atomic mass is 9.86. The first-order valence-corrected chi connectivity index (χ1v) is 6.52. The summed E-state index contributed by atoms with van der Waals surface area (Å²) in [6, 6.07) is 11.1. The van der Waals surface area contributed by atoms with E-state index in [2.05, 4.69) is 56.0 Å². The fourth-order valence-electron chi connectivity index (χ4n) is 2.65. The highest BCUT2D eigenvalue weighted by atomic mass is 15.2. The lowest BCUT2D eigenvalue weighted by molar-refractivity contribution is 0.0877. The molecule has 2 nitrogen and oxygen atoms in total. The van der Waals surface area contributed by atoms with Gasteiger partial charge in [-0.3, -0.25) is 4.90 Å². The Kier molecular flexibility index (Phi) is 3.55. The van der Waals surface area contributed by atoms with Gasteiger partial charge in [0.25, 0.3) is 0 Å². The zero-order chi connectivity index (χ0) is 12.5. The van der Waals surface area contributed by atoms with E-state index < -0.39 is 0 Å². The average molecular weight is 232 g/mol. The summed E-state index contributed by atoms with van der Waals surface area (Å²) in [6.45, 7) is 8.96. The predicted molar refractivity (Wildman–Crippen MR) is 73.1 cm³/mol. The molecule has 2 rings (SSSR count). The zero-order valence-electron chi connectivity index (χ0n) is 11.2. The maximum Gasteiger partial charge on any atom is 0.0174 e. The quantitative estimate of drug-likeness (QED) is 0.806. The minimum atomic E-state index is 0.213. The number of likely N-dealkylation sites (tertiary alicyclic amines) is 1. The van der Waals surface area contributed by atoms with Crippen molar-refractivity contribution in [2.45, 2.75) is 44.7 Å². The van der Waals surface area contributed by atoms with E-state index in [1.165, 1.54) is 5.56 Å². The minimum absolute atomic E-state index is 0.213. The zero-order valence-corrected chi connectivity index (χ0v) is 11.2. The third-order valence-electron chi connectivity index (χ3n) is 3.70. The van der Waals surface area contributed by atoms with Crippen LogP contribution in [0.25, 0.3) is 0 Å². The largest absolute Gasteiger partial charge is 0.327 e. The molecule has 2 atom stereocenters. The molecule has 0 amide bonds. The number of rotatable bonds is 1. The van der Waals surface area contributed by atoms with E-state index in [1.54, 1.807) is 0 Å². The summed E-state index contributed by atoms with van der Waals surface area (Å²) in [6.07, 6.45) is 1.11. The third-order valence-corrected chi connectivity index (χ3v) is 3.70. The second-order valence-electron chi connectivity index (χ2n) is 6.18. The molecule has 1 aliphatic rings. The van der Waals surface area contributed by atoms with Crippen molar-refractivity contribution in [2.24, 2.45) is 5.73 Å². The Balaban J connectivity index is 2.15. The molecule has 1 heterocycles. The van der Waals surface area contributed by atoms with Crippen molar-refractivity contribution in [1.29, 1.82) is 0 Å². The molecule has 1 aromatic rings. The number of piperidine rings is 1. The first-order chi connectivity index (χ1) is 7.97. The van der Waals surface area contributed by atoms with Crippen LogP contribution in [0.5, 0.6) is 0 Å². The molecule has 94 valence electrons. The molecule has 0 bridgehead atoms. The van der Waals surface area contributed by atoms with Gasteiger partial charge < -0.3 is 5.73 Å². The van der Waals surface area contributed by atoms with Gasteiger partial charge in [0.05, 0.1) is 0 Å². The van der Waals surface area contributed by atoms with Gasteiger partial charge in [0.1, 0.15) is 0 Å².